The number of aromatic nitrogens is 2. The molecule has 1 fully saturated rings. The maximum Gasteiger partial charge on any atom is 0.244 e. The number of carbonyl (C=O) groups is 1. The third kappa shape index (κ3) is 6.15. The molecule has 158 valence electrons. The van der Waals surface area contributed by atoms with Crippen LogP contribution >= 0.6 is 0 Å². The molecule has 0 bridgehead atoms. The van der Waals surface area contributed by atoms with Gasteiger partial charge in [0.25, 0.3) is 0 Å². The Morgan fingerprint density at radius 1 is 1.13 bits per heavy atom. The van der Waals surface area contributed by atoms with Crippen LogP contribution in [0, 0.1) is 0 Å². The zero-order valence-corrected chi connectivity index (χ0v) is 17.4. The lowest BCUT2D eigenvalue weighted by molar-refractivity contribution is -0.117. The van der Waals surface area contributed by atoms with Crippen molar-refractivity contribution in [1.29, 1.82) is 0 Å². The fraction of sp³-hybridized carbons (Fsp3) is 0.240. The number of carbonyl (C=O) groups excluding carboxylic acids is 1. The van der Waals surface area contributed by atoms with Crippen molar-refractivity contribution in [3.63, 3.8) is 0 Å². The van der Waals surface area contributed by atoms with E-state index >= 15 is 0 Å². The molecule has 4 rings (SSSR count). The third-order valence-electron chi connectivity index (χ3n) is 5.18. The molecule has 3 aromatic rings. The minimum absolute atomic E-state index is 0.0912. The topological polar surface area (TPSA) is 67.3 Å². The number of rotatable bonds is 7. The molecule has 1 aromatic heterocycles. The molecule has 0 aliphatic carbocycles. The number of ether oxygens (including phenoxy) is 1. The summed E-state index contributed by atoms with van der Waals surface area (Å²) in [6, 6.07) is 21.7. The highest BCUT2D eigenvalue weighted by Crippen LogP contribution is 2.18. The number of amides is 1. The van der Waals surface area contributed by atoms with Crippen molar-refractivity contribution < 1.29 is 9.53 Å². The summed E-state index contributed by atoms with van der Waals surface area (Å²) in [5.74, 6) is 1.53. The van der Waals surface area contributed by atoms with E-state index in [1.807, 2.05) is 72.8 Å². The largest absolute Gasteiger partial charge is 0.489 e. The van der Waals surface area contributed by atoms with Gasteiger partial charge in [0.2, 0.25) is 5.91 Å². The van der Waals surface area contributed by atoms with Crippen molar-refractivity contribution >= 4 is 17.8 Å². The van der Waals surface area contributed by atoms with Crippen LogP contribution in [0.4, 0.5) is 5.82 Å². The number of hydrogen-bond acceptors (Lipinski definition) is 5. The monoisotopic (exact) mass is 414 g/mol. The first-order valence-electron chi connectivity index (χ1n) is 10.5. The summed E-state index contributed by atoms with van der Waals surface area (Å²) in [6.45, 7) is 2.18. The van der Waals surface area contributed by atoms with E-state index in [-0.39, 0.29) is 11.9 Å². The summed E-state index contributed by atoms with van der Waals surface area (Å²) in [5.41, 5.74) is 2.04. The van der Waals surface area contributed by atoms with Crippen molar-refractivity contribution in [1.82, 2.24) is 15.5 Å². The van der Waals surface area contributed by atoms with Gasteiger partial charge in [0.15, 0.2) is 5.82 Å². The van der Waals surface area contributed by atoms with Gasteiger partial charge in [-0.3, -0.25) is 4.79 Å². The van der Waals surface area contributed by atoms with E-state index in [0.29, 0.717) is 6.61 Å². The summed E-state index contributed by atoms with van der Waals surface area (Å²) in [4.78, 5) is 14.6. The van der Waals surface area contributed by atoms with Crippen LogP contribution in [-0.4, -0.2) is 35.2 Å². The minimum atomic E-state index is -0.0957. The van der Waals surface area contributed by atoms with E-state index in [4.69, 9.17) is 4.74 Å². The highest BCUT2D eigenvalue weighted by molar-refractivity contribution is 5.92. The highest BCUT2D eigenvalue weighted by atomic mass is 16.5. The molecule has 31 heavy (non-hydrogen) atoms. The molecule has 1 amide bonds. The lowest BCUT2D eigenvalue weighted by Gasteiger charge is -2.33. The molecule has 1 aliphatic heterocycles. The van der Waals surface area contributed by atoms with Gasteiger partial charge in [-0.2, -0.15) is 5.10 Å². The number of benzene rings is 2. The molecule has 1 saturated heterocycles. The number of anilines is 1. The Morgan fingerprint density at radius 2 is 2.03 bits per heavy atom. The van der Waals surface area contributed by atoms with E-state index in [2.05, 4.69) is 20.4 Å². The average Bonchev–Trinajstić information content (AvgIpc) is 2.83. The average molecular weight is 415 g/mol. The summed E-state index contributed by atoms with van der Waals surface area (Å²) >= 11 is 0. The van der Waals surface area contributed by atoms with E-state index in [1.165, 1.54) is 0 Å². The summed E-state index contributed by atoms with van der Waals surface area (Å²) in [7, 11) is 0. The van der Waals surface area contributed by atoms with Crippen molar-refractivity contribution in [2.75, 3.05) is 18.0 Å². The van der Waals surface area contributed by atoms with Crippen LogP contribution in [0.15, 0.2) is 79.0 Å². The molecular formula is C25H26N4O2. The molecule has 1 atom stereocenters. The highest BCUT2D eigenvalue weighted by Gasteiger charge is 2.21. The van der Waals surface area contributed by atoms with Crippen molar-refractivity contribution in [3.8, 4) is 5.75 Å². The van der Waals surface area contributed by atoms with Crippen molar-refractivity contribution in [2.45, 2.75) is 25.5 Å². The van der Waals surface area contributed by atoms with Crippen LogP contribution in [0.1, 0.15) is 24.0 Å². The van der Waals surface area contributed by atoms with Crippen molar-refractivity contribution in [3.05, 3.63) is 90.1 Å². The number of hydrogen-bond donors (Lipinski definition) is 1. The molecule has 1 unspecified atom stereocenters. The molecule has 0 spiro atoms. The minimum Gasteiger partial charge on any atom is -0.489 e. The fourth-order valence-electron chi connectivity index (χ4n) is 3.64. The van der Waals surface area contributed by atoms with Crippen LogP contribution in [0.5, 0.6) is 5.75 Å². The molecule has 1 aliphatic rings. The molecule has 1 N–H and O–H groups in total. The zero-order chi connectivity index (χ0) is 21.3. The predicted octanol–water partition coefficient (Wildman–Crippen LogP) is 3.85. The van der Waals surface area contributed by atoms with Gasteiger partial charge in [0, 0.05) is 31.4 Å². The number of piperidine rings is 1. The second kappa shape index (κ2) is 10.4. The Hall–Kier alpha value is -3.67. The Kier molecular flexibility index (Phi) is 6.90. The van der Waals surface area contributed by atoms with Crippen LogP contribution in [0.25, 0.3) is 6.08 Å². The number of nitrogens with zero attached hydrogens (tertiary/aromatic N) is 3. The fourth-order valence-corrected chi connectivity index (χ4v) is 3.64. The standard InChI is InChI=1S/C25H26N4O2/c30-25(27-22-10-6-16-29(18-22)24-12-5-15-26-28-24)14-13-20-9-4-11-23(17-20)31-19-21-7-2-1-3-8-21/h1-5,7-9,11-15,17,22H,6,10,16,18-19H2,(H,27,30)/b14-13+. The normalized spacial score (nSPS) is 16.3. The van der Waals surface area contributed by atoms with Gasteiger partial charge < -0.3 is 15.0 Å². The second-order valence-corrected chi connectivity index (χ2v) is 7.56. The van der Waals surface area contributed by atoms with Gasteiger partial charge in [-0.1, -0.05) is 42.5 Å². The maximum atomic E-state index is 12.4. The first kappa shape index (κ1) is 20.6. The smallest absolute Gasteiger partial charge is 0.244 e. The molecule has 0 radical (unpaired) electrons. The molecule has 0 saturated carbocycles. The lowest BCUT2D eigenvalue weighted by atomic mass is 10.1. The SMILES string of the molecule is O=C(/C=C/c1cccc(OCc2ccccc2)c1)NC1CCCN(c2cccnn2)C1. The van der Waals surface area contributed by atoms with Crippen LogP contribution in [-0.2, 0) is 11.4 Å². The van der Waals surface area contributed by atoms with E-state index < -0.39 is 0 Å². The van der Waals surface area contributed by atoms with Crippen LogP contribution < -0.4 is 15.0 Å². The zero-order valence-electron chi connectivity index (χ0n) is 17.4. The Bertz CT molecular complexity index is 1010. The molecule has 6 nitrogen and oxygen atoms in total. The molecular weight excluding hydrogens is 388 g/mol. The third-order valence-corrected chi connectivity index (χ3v) is 5.18. The molecule has 2 heterocycles. The summed E-state index contributed by atoms with van der Waals surface area (Å²) in [5, 5.41) is 11.2. The van der Waals surface area contributed by atoms with E-state index in [9.17, 15) is 4.79 Å². The van der Waals surface area contributed by atoms with Gasteiger partial charge in [0.05, 0.1) is 0 Å². The predicted molar refractivity (Wildman–Crippen MR) is 122 cm³/mol. The Labute approximate surface area is 182 Å². The van der Waals surface area contributed by atoms with Gasteiger partial charge in [0.1, 0.15) is 12.4 Å². The first-order valence-corrected chi connectivity index (χ1v) is 10.5. The first-order chi connectivity index (χ1) is 15.3. The second-order valence-electron chi connectivity index (χ2n) is 7.56. The van der Waals surface area contributed by atoms with Crippen molar-refractivity contribution in [2.24, 2.45) is 0 Å². The van der Waals surface area contributed by atoms with Gasteiger partial charge in [-0.15, -0.1) is 5.10 Å². The molecule has 2 aromatic carbocycles. The van der Waals surface area contributed by atoms with E-state index in [1.54, 1.807) is 12.3 Å². The molecule has 6 heteroatoms. The Morgan fingerprint density at radius 3 is 2.87 bits per heavy atom. The van der Waals surface area contributed by atoms with Crippen LogP contribution in [0.2, 0.25) is 0 Å². The Balaban J connectivity index is 1.29. The lowest BCUT2D eigenvalue weighted by Crippen LogP contribution is -2.47. The summed E-state index contributed by atoms with van der Waals surface area (Å²) in [6.07, 6.45) is 7.02. The van der Waals surface area contributed by atoms with E-state index in [0.717, 1.165) is 48.6 Å². The van der Waals surface area contributed by atoms with Crippen LogP contribution in [0.3, 0.4) is 0 Å². The summed E-state index contributed by atoms with van der Waals surface area (Å²) < 4.78 is 5.86. The van der Waals surface area contributed by atoms with Gasteiger partial charge >= 0.3 is 0 Å². The quantitative estimate of drug-likeness (QED) is 0.595. The number of nitrogens with one attached hydrogen (secondary N) is 1. The van der Waals surface area contributed by atoms with Gasteiger partial charge in [-0.25, -0.2) is 0 Å². The van der Waals surface area contributed by atoms with Gasteiger partial charge in [-0.05, 0) is 54.3 Å². The maximum absolute atomic E-state index is 12.4.